The number of amides is 1. The minimum absolute atomic E-state index is 0.248. The Hall–Kier alpha value is -4.20. The SMILES string of the molecule is O=C(NC(=S)Nc1ccc(N2CCN(Cc3ccccc3)CC2)cc1)c1cccc(OCc2ccccc2)c1. The van der Waals surface area contributed by atoms with E-state index >= 15 is 0 Å². The second-order valence-electron chi connectivity index (χ2n) is 9.51. The van der Waals surface area contributed by atoms with Crippen molar-refractivity contribution < 1.29 is 9.53 Å². The van der Waals surface area contributed by atoms with Crippen LogP contribution in [-0.4, -0.2) is 42.1 Å². The van der Waals surface area contributed by atoms with Gasteiger partial charge in [-0.05, 0) is 65.8 Å². The van der Waals surface area contributed by atoms with Gasteiger partial charge < -0.3 is 15.0 Å². The Bertz CT molecular complexity index is 1370. The van der Waals surface area contributed by atoms with Crippen LogP contribution >= 0.6 is 12.2 Å². The Labute approximate surface area is 235 Å². The van der Waals surface area contributed by atoms with Gasteiger partial charge in [-0.15, -0.1) is 0 Å². The highest BCUT2D eigenvalue weighted by molar-refractivity contribution is 7.80. The molecular weight excluding hydrogens is 504 g/mol. The number of hydrogen-bond acceptors (Lipinski definition) is 5. The molecule has 1 amide bonds. The second-order valence-corrected chi connectivity index (χ2v) is 9.91. The Balaban J connectivity index is 1.08. The van der Waals surface area contributed by atoms with Crippen LogP contribution in [-0.2, 0) is 13.2 Å². The molecule has 0 aliphatic carbocycles. The van der Waals surface area contributed by atoms with E-state index < -0.39 is 0 Å². The summed E-state index contributed by atoms with van der Waals surface area (Å²) in [5, 5.41) is 6.12. The Morgan fingerprint density at radius 2 is 1.44 bits per heavy atom. The molecule has 2 N–H and O–H groups in total. The summed E-state index contributed by atoms with van der Waals surface area (Å²) in [6.45, 7) is 5.47. The lowest BCUT2D eigenvalue weighted by atomic mass is 10.2. The summed E-state index contributed by atoms with van der Waals surface area (Å²) >= 11 is 5.39. The van der Waals surface area contributed by atoms with E-state index in [2.05, 4.69) is 62.9 Å². The molecule has 1 fully saturated rings. The zero-order valence-corrected chi connectivity index (χ0v) is 22.6. The normalized spacial score (nSPS) is 13.5. The first-order valence-electron chi connectivity index (χ1n) is 13.1. The zero-order valence-electron chi connectivity index (χ0n) is 21.8. The highest BCUT2D eigenvalue weighted by Gasteiger charge is 2.17. The van der Waals surface area contributed by atoms with Crippen molar-refractivity contribution in [3.05, 3.63) is 126 Å². The lowest BCUT2D eigenvalue weighted by Crippen LogP contribution is -2.45. The number of anilines is 2. The summed E-state index contributed by atoms with van der Waals surface area (Å²) in [5.41, 5.74) is 4.91. The first-order valence-corrected chi connectivity index (χ1v) is 13.5. The maximum absolute atomic E-state index is 12.8. The molecule has 1 heterocycles. The molecule has 1 aliphatic heterocycles. The maximum atomic E-state index is 12.8. The van der Waals surface area contributed by atoms with Gasteiger partial charge in [-0.3, -0.25) is 15.0 Å². The Morgan fingerprint density at radius 1 is 0.769 bits per heavy atom. The van der Waals surface area contributed by atoms with Gasteiger partial charge in [0.25, 0.3) is 5.91 Å². The summed E-state index contributed by atoms with van der Waals surface area (Å²) in [7, 11) is 0. The van der Waals surface area contributed by atoms with Crippen LogP contribution in [0.25, 0.3) is 0 Å². The molecule has 0 aromatic heterocycles. The van der Waals surface area contributed by atoms with Crippen molar-refractivity contribution >= 4 is 34.6 Å². The summed E-state index contributed by atoms with van der Waals surface area (Å²) in [6.07, 6.45) is 0. The van der Waals surface area contributed by atoms with Crippen LogP contribution in [0.2, 0.25) is 0 Å². The third kappa shape index (κ3) is 7.66. The fraction of sp³-hybridized carbons (Fsp3) is 0.188. The molecule has 4 aromatic carbocycles. The van der Waals surface area contributed by atoms with Gasteiger partial charge in [-0.1, -0.05) is 66.7 Å². The first kappa shape index (κ1) is 26.4. The number of carbonyl (C=O) groups is 1. The van der Waals surface area contributed by atoms with Gasteiger partial charge in [0.05, 0.1) is 0 Å². The van der Waals surface area contributed by atoms with Crippen LogP contribution in [0.4, 0.5) is 11.4 Å². The van der Waals surface area contributed by atoms with E-state index in [1.54, 1.807) is 18.2 Å². The second kappa shape index (κ2) is 13.0. The molecular formula is C32H32N4O2S. The molecule has 0 unspecified atom stereocenters. The van der Waals surface area contributed by atoms with E-state index in [4.69, 9.17) is 17.0 Å². The van der Waals surface area contributed by atoms with E-state index in [1.807, 2.05) is 48.5 Å². The molecule has 198 valence electrons. The van der Waals surface area contributed by atoms with Crippen molar-refractivity contribution in [1.82, 2.24) is 10.2 Å². The lowest BCUT2D eigenvalue weighted by Gasteiger charge is -2.36. The number of ether oxygens (including phenoxy) is 1. The number of carbonyl (C=O) groups excluding carboxylic acids is 1. The van der Waals surface area contributed by atoms with Gasteiger partial charge in [0, 0.05) is 49.7 Å². The molecule has 6 nitrogen and oxygen atoms in total. The highest BCUT2D eigenvalue weighted by Crippen LogP contribution is 2.21. The number of piperazine rings is 1. The van der Waals surface area contributed by atoms with E-state index in [0.29, 0.717) is 17.9 Å². The lowest BCUT2D eigenvalue weighted by molar-refractivity contribution is 0.0977. The molecule has 7 heteroatoms. The molecule has 0 bridgehead atoms. The predicted molar refractivity (Wildman–Crippen MR) is 161 cm³/mol. The minimum Gasteiger partial charge on any atom is -0.489 e. The molecule has 0 saturated carbocycles. The molecule has 1 aliphatic rings. The van der Waals surface area contributed by atoms with Crippen molar-refractivity contribution in [3.63, 3.8) is 0 Å². The van der Waals surface area contributed by atoms with Crippen molar-refractivity contribution in [2.45, 2.75) is 13.2 Å². The summed E-state index contributed by atoms with van der Waals surface area (Å²) < 4.78 is 5.84. The van der Waals surface area contributed by atoms with Gasteiger partial charge in [0.1, 0.15) is 12.4 Å². The van der Waals surface area contributed by atoms with Crippen molar-refractivity contribution in [1.29, 1.82) is 0 Å². The standard InChI is InChI=1S/C32H32N4O2S/c37-31(27-12-7-13-30(22-27)38-24-26-10-5-2-6-11-26)34-32(39)33-28-14-16-29(17-15-28)36-20-18-35(19-21-36)23-25-8-3-1-4-9-25/h1-17,22H,18-21,23-24H2,(H2,33,34,37,39). The van der Waals surface area contributed by atoms with E-state index in [1.165, 1.54) is 11.3 Å². The van der Waals surface area contributed by atoms with Gasteiger partial charge in [0.15, 0.2) is 5.11 Å². The monoisotopic (exact) mass is 536 g/mol. The number of benzene rings is 4. The minimum atomic E-state index is -0.289. The summed E-state index contributed by atoms with van der Waals surface area (Å²) in [4.78, 5) is 17.7. The van der Waals surface area contributed by atoms with E-state index in [0.717, 1.165) is 44.0 Å². The maximum Gasteiger partial charge on any atom is 0.257 e. The number of nitrogens with one attached hydrogen (secondary N) is 2. The summed E-state index contributed by atoms with van der Waals surface area (Å²) in [6, 6.07) is 35.8. The van der Waals surface area contributed by atoms with Crippen LogP contribution < -0.4 is 20.3 Å². The molecule has 0 atom stereocenters. The fourth-order valence-corrected chi connectivity index (χ4v) is 4.78. The van der Waals surface area contributed by atoms with Crippen LogP contribution in [0.3, 0.4) is 0 Å². The first-order chi connectivity index (χ1) is 19.1. The van der Waals surface area contributed by atoms with Gasteiger partial charge in [0.2, 0.25) is 0 Å². The van der Waals surface area contributed by atoms with Gasteiger partial charge >= 0.3 is 0 Å². The third-order valence-electron chi connectivity index (χ3n) is 6.68. The molecule has 39 heavy (non-hydrogen) atoms. The highest BCUT2D eigenvalue weighted by atomic mass is 32.1. The quantitative estimate of drug-likeness (QED) is 0.281. The van der Waals surface area contributed by atoms with Crippen LogP contribution in [0, 0.1) is 0 Å². The van der Waals surface area contributed by atoms with Gasteiger partial charge in [-0.2, -0.15) is 0 Å². The summed E-state index contributed by atoms with van der Waals surface area (Å²) in [5.74, 6) is 0.338. The van der Waals surface area contributed by atoms with E-state index in [9.17, 15) is 4.79 Å². The van der Waals surface area contributed by atoms with Crippen molar-refractivity contribution in [2.24, 2.45) is 0 Å². The number of nitrogens with zero attached hydrogens (tertiary/aromatic N) is 2. The van der Waals surface area contributed by atoms with Crippen molar-refractivity contribution in [3.8, 4) is 5.75 Å². The smallest absolute Gasteiger partial charge is 0.257 e. The number of thiocarbonyl (C=S) groups is 1. The number of rotatable bonds is 8. The molecule has 0 spiro atoms. The third-order valence-corrected chi connectivity index (χ3v) is 6.89. The van der Waals surface area contributed by atoms with E-state index in [-0.39, 0.29) is 11.0 Å². The largest absolute Gasteiger partial charge is 0.489 e. The average molecular weight is 537 g/mol. The van der Waals surface area contributed by atoms with Crippen molar-refractivity contribution in [2.75, 3.05) is 36.4 Å². The molecule has 4 aromatic rings. The Kier molecular flexibility index (Phi) is 8.83. The van der Waals surface area contributed by atoms with Crippen LogP contribution in [0.5, 0.6) is 5.75 Å². The fourth-order valence-electron chi connectivity index (χ4n) is 4.57. The molecule has 5 rings (SSSR count). The number of hydrogen-bond donors (Lipinski definition) is 2. The Morgan fingerprint density at radius 3 is 2.13 bits per heavy atom. The molecule has 1 saturated heterocycles. The average Bonchev–Trinajstić information content (AvgIpc) is 2.98. The topological polar surface area (TPSA) is 56.8 Å². The van der Waals surface area contributed by atoms with Crippen LogP contribution in [0.1, 0.15) is 21.5 Å². The van der Waals surface area contributed by atoms with Crippen LogP contribution in [0.15, 0.2) is 109 Å². The zero-order chi connectivity index (χ0) is 26.9. The van der Waals surface area contributed by atoms with Gasteiger partial charge in [-0.25, -0.2) is 0 Å². The molecule has 0 radical (unpaired) electrons. The predicted octanol–water partition coefficient (Wildman–Crippen LogP) is 5.71.